The molecule has 0 N–H and O–H groups in total. The summed E-state index contributed by atoms with van der Waals surface area (Å²) >= 11 is 0. The molecule has 0 saturated carbocycles. The third-order valence-corrected chi connectivity index (χ3v) is 3.55. The molecule has 0 aromatic carbocycles. The summed E-state index contributed by atoms with van der Waals surface area (Å²) in [7, 11) is 0. The fraction of sp³-hybridized carbons (Fsp3) is 0.895. The first-order valence-corrected chi connectivity index (χ1v) is 8.75. The molecule has 0 atom stereocenters. The van der Waals surface area contributed by atoms with Gasteiger partial charge in [-0.05, 0) is 6.42 Å². The van der Waals surface area contributed by atoms with Crippen LogP contribution in [0.2, 0.25) is 0 Å². The maximum atomic E-state index is 3.27. The van der Waals surface area contributed by atoms with Crippen molar-refractivity contribution in [2.75, 3.05) is 0 Å². The first kappa shape index (κ1) is 18.6. The van der Waals surface area contributed by atoms with Crippen LogP contribution in [0.3, 0.4) is 0 Å². The third kappa shape index (κ3) is 17.6. The smallest absolute Gasteiger partial charge is 0.0146 e. The lowest BCUT2D eigenvalue weighted by Crippen LogP contribution is -1.83. The Morgan fingerprint density at radius 2 is 1.05 bits per heavy atom. The highest BCUT2D eigenvalue weighted by Crippen LogP contribution is 2.12. The average molecular weight is 264 g/mol. The van der Waals surface area contributed by atoms with Gasteiger partial charge in [-0.15, -0.1) is 11.8 Å². The Morgan fingerprint density at radius 3 is 1.47 bits per heavy atom. The molecule has 0 aliphatic heterocycles. The lowest BCUT2D eigenvalue weighted by molar-refractivity contribution is 0.545. The van der Waals surface area contributed by atoms with E-state index in [1.807, 2.05) is 0 Å². The van der Waals surface area contributed by atoms with Crippen molar-refractivity contribution in [2.24, 2.45) is 5.92 Å². The van der Waals surface area contributed by atoms with E-state index in [-0.39, 0.29) is 0 Å². The summed E-state index contributed by atoms with van der Waals surface area (Å²) in [6.07, 6.45) is 18.2. The predicted octanol–water partition coefficient (Wildman–Crippen LogP) is 6.74. The number of rotatable bonds is 12. The second-order valence-corrected chi connectivity index (χ2v) is 6.11. The zero-order valence-electron chi connectivity index (χ0n) is 13.8. The van der Waals surface area contributed by atoms with Gasteiger partial charge in [0.25, 0.3) is 0 Å². The lowest BCUT2D eigenvalue weighted by Gasteiger charge is -2.01. The molecule has 0 aromatic rings. The molecule has 0 nitrogen and oxygen atoms in total. The quantitative estimate of drug-likeness (QED) is 0.270. The highest BCUT2D eigenvalue weighted by atomic mass is 14.0. The highest BCUT2D eigenvalue weighted by molar-refractivity contribution is 5.00. The molecule has 0 aliphatic rings. The van der Waals surface area contributed by atoms with E-state index in [1.54, 1.807) is 0 Å². The molecule has 0 unspecified atom stereocenters. The number of unbranched alkanes of at least 4 members (excludes halogenated alkanes) is 12. The normalized spacial score (nSPS) is 10.5. The van der Waals surface area contributed by atoms with Crippen molar-refractivity contribution < 1.29 is 0 Å². The van der Waals surface area contributed by atoms with Gasteiger partial charge in [-0.1, -0.05) is 91.4 Å². The topological polar surface area (TPSA) is 0 Å². The fourth-order valence-corrected chi connectivity index (χ4v) is 2.33. The molecule has 0 amide bonds. The van der Waals surface area contributed by atoms with E-state index in [0.717, 1.165) is 6.42 Å². The van der Waals surface area contributed by atoms with Crippen molar-refractivity contribution in [3.8, 4) is 11.8 Å². The van der Waals surface area contributed by atoms with Gasteiger partial charge < -0.3 is 0 Å². The van der Waals surface area contributed by atoms with Gasteiger partial charge in [-0.3, -0.25) is 0 Å². The Labute approximate surface area is 122 Å². The molecule has 0 saturated heterocycles. The van der Waals surface area contributed by atoms with E-state index in [4.69, 9.17) is 0 Å². The molecule has 0 fully saturated rings. The van der Waals surface area contributed by atoms with Crippen molar-refractivity contribution in [1.29, 1.82) is 0 Å². The maximum absolute atomic E-state index is 3.27. The highest BCUT2D eigenvalue weighted by Gasteiger charge is 1.92. The van der Waals surface area contributed by atoms with Crippen molar-refractivity contribution in [1.82, 2.24) is 0 Å². The van der Waals surface area contributed by atoms with E-state index >= 15 is 0 Å². The molecule has 0 aromatic heterocycles. The SMILES string of the molecule is CCCCCCCCCCCCCCC#CC(C)C. The van der Waals surface area contributed by atoms with E-state index < -0.39 is 0 Å². The second kappa shape index (κ2) is 15.6. The monoisotopic (exact) mass is 264 g/mol. The van der Waals surface area contributed by atoms with Gasteiger partial charge in [-0.25, -0.2) is 0 Å². The molecular formula is C19H36. The van der Waals surface area contributed by atoms with Crippen LogP contribution >= 0.6 is 0 Å². The van der Waals surface area contributed by atoms with Crippen LogP contribution in [0.4, 0.5) is 0 Å². The summed E-state index contributed by atoms with van der Waals surface area (Å²) in [5.74, 6) is 7.04. The molecule has 0 heterocycles. The van der Waals surface area contributed by atoms with E-state index in [0.29, 0.717) is 5.92 Å². The van der Waals surface area contributed by atoms with E-state index in [1.165, 1.54) is 77.0 Å². The van der Waals surface area contributed by atoms with Crippen LogP contribution in [0.15, 0.2) is 0 Å². The third-order valence-electron chi connectivity index (χ3n) is 3.55. The van der Waals surface area contributed by atoms with Crippen LogP contribution in [0.1, 0.15) is 104 Å². The van der Waals surface area contributed by atoms with Crippen LogP contribution in [0, 0.1) is 17.8 Å². The van der Waals surface area contributed by atoms with Gasteiger partial charge in [0.05, 0.1) is 0 Å². The molecule has 0 rings (SSSR count). The molecule has 0 spiro atoms. The molecule has 0 aliphatic carbocycles. The van der Waals surface area contributed by atoms with Crippen LogP contribution in [0.25, 0.3) is 0 Å². The van der Waals surface area contributed by atoms with Gasteiger partial charge in [0, 0.05) is 12.3 Å². The summed E-state index contributed by atoms with van der Waals surface area (Å²) in [4.78, 5) is 0. The number of hydrogen-bond acceptors (Lipinski definition) is 0. The molecular weight excluding hydrogens is 228 g/mol. The van der Waals surface area contributed by atoms with Gasteiger partial charge in [0.2, 0.25) is 0 Å². The van der Waals surface area contributed by atoms with Gasteiger partial charge in [0.1, 0.15) is 0 Å². The Morgan fingerprint density at radius 1 is 0.632 bits per heavy atom. The average Bonchev–Trinajstić information content (AvgIpc) is 2.39. The zero-order valence-corrected chi connectivity index (χ0v) is 13.8. The fourth-order valence-electron chi connectivity index (χ4n) is 2.33. The van der Waals surface area contributed by atoms with E-state index in [2.05, 4.69) is 32.6 Å². The lowest BCUT2D eigenvalue weighted by atomic mass is 10.0. The van der Waals surface area contributed by atoms with Gasteiger partial charge >= 0.3 is 0 Å². The van der Waals surface area contributed by atoms with Crippen molar-refractivity contribution in [3.63, 3.8) is 0 Å². The summed E-state index contributed by atoms with van der Waals surface area (Å²) in [6.45, 7) is 6.61. The van der Waals surface area contributed by atoms with Gasteiger partial charge in [-0.2, -0.15) is 0 Å². The van der Waals surface area contributed by atoms with Crippen LogP contribution in [-0.4, -0.2) is 0 Å². The molecule has 112 valence electrons. The Bertz CT molecular complexity index is 216. The summed E-state index contributed by atoms with van der Waals surface area (Å²) in [6, 6.07) is 0. The molecule has 0 radical (unpaired) electrons. The minimum absolute atomic E-state index is 0.539. The summed E-state index contributed by atoms with van der Waals surface area (Å²) in [5, 5.41) is 0. The first-order chi connectivity index (χ1) is 9.27. The molecule has 19 heavy (non-hydrogen) atoms. The standard InChI is InChI=1S/C19H36/c1-4-5-6-7-8-9-10-11-12-13-14-15-16-17-18-19(2)3/h19H,4-16H2,1-3H3. The summed E-state index contributed by atoms with van der Waals surface area (Å²) in [5.41, 5.74) is 0. The first-order valence-electron chi connectivity index (χ1n) is 8.75. The number of hydrogen-bond donors (Lipinski definition) is 0. The minimum Gasteiger partial charge on any atom is -0.103 e. The largest absolute Gasteiger partial charge is 0.103 e. The van der Waals surface area contributed by atoms with Crippen LogP contribution in [0.5, 0.6) is 0 Å². The minimum atomic E-state index is 0.539. The second-order valence-electron chi connectivity index (χ2n) is 6.11. The Kier molecular flexibility index (Phi) is 15.3. The predicted molar refractivity (Wildman–Crippen MR) is 88.3 cm³/mol. The zero-order chi connectivity index (χ0) is 14.2. The van der Waals surface area contributed by atoms with Crippen LogP contribution < -0.4 is 0 Å². The maximum Gasteiger partial charge on any atom is 0.0146 e. The van der Waals surface area contributed by atoms with E-state index in [9.17, 15) is 0 Å². The van der Waals surface area contributed by atoms with Gasteiger partial charge in [0.15, 0.2) is 0 Å². The summed E-state index contributed by atoms with van der Waals surface area (Å²) < 4.78 is 0. The van der Waals surface area contributed by atoms with Crippen LogP contribution in [-0.2, 0) is 0 Å². The molecule has 0 heteroatoms. The van der Waals surface area contributed by atoms with Crippen molar-refractivity contribution >= 4 is 0 Å². The van der Waals surface area contributed by atoms with Crippen molar-refractivity contribution in [2.45, 2.75) is 104 Å². The molecule has 0 bridgehead atoms. The Balaban J connectivity index is 3.02. The Hall–Kier alpha value is -0.440. The van der Waals surface area contributed by atoms with Crippen molar-refractivity contribution in [3.05, 3.63) is 0 Å².